The van der Waals surface area contributed by atoms with Crippen molar-refractivity contribution < 1.29 is 0 Å². The average Bonchev–Trinajstić information content (AvgIpc) is 2.90. The van der Waals surface area contributed by atoms with Crippen LogP contribution in [0.25, 0.3) is 0 Å². The smallest absolute Gasteiger partial charge is 0.0961 e. The van der Waals surface area contributed by atoms with Gasteiger partial charge in [-0.15, -0.1) is 11.3 Å². The van der Waals surface area contributed by atoms with E-state index in [1.807, 2.05) is 11.3 Å². The number of thiazole rings is 1. The van der Waals surface area contributed by atoms with Crippen molar-refractivity contribution in [1.82, 2.24) is 15.2 Å². The van der Waals surface area contributed by atoms with Crippen LogP contribution in [0.2, 0.25) is 0 Å². The van der Waals surface area contributed by atoms with Gasteiger partial charge in [-0.05, 0) is 32.7 Å². The van der Waals surface area contributed by atoms with E-state index in [1.54, 1.807) is 0 Å². The topological polar surface area (TPSA) is 28.2 Å². The largest absolute Gasteiger partial charge is 0.309 e. The summed E-state index contributed by atoms with van der Waals surface area (Å²) in [5.41, 5.74) is 1.22. The van der Waals surface area contributed by atoms with Gasteiger partial charge in [0, 0.05) is 36.0 Å². The third-order valence-electron chi connectivity index (χ3n) is 4.71. The molecule has 2 aliphatic heterocycles. The summed E-state index contributed by atoms with van der Waals surface area (Å²) in [4.78, 5) is 7.47. The summed E-state index contributed by atoms with van der Waals surface area (Å²) in [5, 5.41) is 7.07. The number of hydrogen-bond acceptors (Lipinski definition) is 4. The zero-order valence-electron chi connectivity index (χ0n) is 12.2. The second kappa shape index (κ2) is 5.51. The summed E-state index contributed by atoms with van der Waals surface area (Å²) in [6.45, 7) is 5.28. The lowest BCUT2D eigenvalue weighted by Crippen LogP contribution is -2.39. The lowest BCUT2D eigenvalue weighted by atomic mass is 9.92. The van der Waals surface area contributed by atoms with Crippen molar-refractivity contribution in [2.45, 2.75) is 70.1 Å². The fourth-order valence-corrected chi connectivity index (χ4v) is 4.46. The van der Waals surface area contributed by atoms with Gasteiger partial charge in [-0.25, -0.2) is 4.98 Å². The molecule has 19 heavy (non-hydrogen) atoms. The van der Waals surface area contributed by atoms with Crippen LogP contribution < -0.4 is 5.32 Å². The van der Waals surface area contributed by atoms with Gasteiger partial charge in [-0.3, -0.25) is 0 Å². The van der Waals surface area contributed by atoms with E-state index in [0.717, 1.165) is 18.6 Å². The van der Waals surface area contributed by atoms with Gasteiger partial charge >= 0.3 is 0 Å². The molecule has 0 spiro atoms. The van der Waals surface area contributed by atoms with Gasteiger partial charge in [0.2, 0.25) is 0 Å². The van der Waals surface area contributed by atoms with Crippen molar-refractivity contribution in [3.8, 4) is 0 Å². The first kappa shape index (κ1) is 13.5. The fourth-order valence-electron chi connectivity index (χ4n) is 3.51. The van der Waals surface area contributed by atoms with Crippen molar-refractivity contribution in [2.75, 3.05) is 7.05 Å². The van der Waals surface area contributed by atoms with Crippen molar-refractivity contribution in [2.24, 2.45) is 0 Å². The van der Waals surface area contributed by atoms with E-state index in [1.165, 1.54) is 36.4 Å². The van der Waals surface area contributed by atoms with Crippen molar-refractivity contribution in [1.29, 1.82) is 0 Å². The van der Waals surface area contributed by atoms with Crippen LogP contribution in [0.1, 0.15) is 56.2 Å². The second-order valence-corrected chi connectivity index (χ2v) is 7.32. The molecular weight excluding hydrogens is 254 g/mol. The molecule has 0 saturated carbocycles. The zero-order chi connectivity index (χ0) is 13.4. The normalized spacial score (nSPS) is 31.3. The Morgan fingerprint density at radius 3 is 2.68 bits per heavy atom. The predicted octanol–water partition coefficient (Wildman–Crippen LogP) is 2.98. The molecule has 1 aromatic heterocycles. The highest BCUT2D eigenvalue weighted by atomic mass is 32.1. The number of rotatable bonds is 4. The van der Waals surface area contributed by atoms with Crippen LogP contribution in [-0.4, -0.2) is 35.1 Å². The minimum atomic E-state index is 0.532. The Labute approximate surface area is 120 Å². The van der Waals surface area contributed by atoms with Crippen LogP contribution in [0.4, 0.5) is 0 Å². The molecule has 2 aliphatic rings. The minimum Gasteiger partial charge on any atom is -0.309 e. The third-order valence-corrected chi connectivity index (χ3v) is 5.76. The maximum atomic E-state index is 4.87. The third kappa shape index (κ3) is 2.86. The van der Waals surface area contributed by atoms with E-state index in [-0.39, 0.29) is 0 Å². The minimum absolute atomic E-state index is 0.532. The molecule has 1 aromatic rings. The summed E-state index contributed by atoms with van der Waals surface area (Å²) in [6.07, 6.45) is 5.42. The average molecular weight is 279 g/mol. The van der Waals surface area contributed by atoms with Crippen LogP contribution in [0.3, 0.4) is 0 Å². The van der Waals surface area contributed by atoms with Crippen LogP contribution >= 0.6 is 11.3 Å². The lowest BCUT2D eigenvalue weighted by molar-refractivity contribution is 0.161. The summed E-state index contributed by atoms with van der Waals surface area (Å²) in [7, 11) is 2.30. The van der Waals surface area contributed by atoms with Crippen LogP contribution in [0, 0.1) is 0 Å². The number of fused-ring (bicyclic) bond motifs is 2. The van der Waals surface area contributed by atoms with E-state index in [9.17, 15) is 0 Å². The van der Waals surface area contributed by atoms with Crippen molar-refractivity contribution in [3.05, 3.63) is 16.1 Å². The number of hydrogen-bond donors (Lipinski definition) is 1. The van der Waals surface area contributed by atoms with Gasteiger partial charge in [0.25, 0.3) is 0 Å². The molecule has 0 aromatic carbocycles. The van der Waals surface area contributed by atoms with Gasteiger partial charge in [0.15, 0.2) is 0 Å². The Hall–Kier alpha value is -0.450. The van der Waals surface area contributed by atoms with Gasteiger partial charge < -0.3 is 10.2 Å². The summed E-state index contributed by atoms with van der Waals surface area (Å²) >= 11 is 1.87. The first-order valence-electron chi connectivity index (χ1n) is 7.53. The predicted molar refractivity (Wildman–Crippen MR) is 80.6 cm³/mol. The molecule has 4 heteroatoms. The molecule has 2 bridgehead atoms. The van der Waals surface area contributed by atoms with E-state index in [2.05, 4.69) is 36.5 Å². The molecule has 3 rings (SSSR count). The monoisotopic (exact) mass is 279 g/mol. The summed E-state index contributed by atoms with van der Waals surface area (Å²) < 4.78 is 0. The summed E-state index contributed by atoms with van der Waals surface area (Å²) in [6, 6.07) is 2.15. The van der Waals surface area contributed by atoms with E-state index < -0.39 is 0 Å². The molecule has 0 radical (unpaired) electrons. The molecule has 2 unspecified atom stereocenters. The molecule has 0 aliphatic carbocycles. The van der Waals surface area contributed by atoms with Crippen LogP contribution in [0.15, 0.2) is 5.38 Å². The SMILES string of the molecule is CC(C)NCc1csc(C2CC3CCC(C2)N3C)n1. The molecule has 1 N–H and O–H groups in total. The Balaban J connectivity index is 1.64. The van der Waals surface area contributed by atoms with Crippen LogP contribution in [0.5, 0.6) is 0 Å². The van der Waals surface area contributed by atoms with E-state index in [4.69, 9.17) is 4.98 Å². The Kier molecular flexibility index (Phi) is 3.92. The highest BCUT2D eigenvalue weighted by molar-refractivity contribution is 7.09. The van der Waals surface area contributed by atoms with Gasteiger partial charge in [0.1, 0.15) is 0 Å². The molecule has 106 valence electrons. The molecule has 3 heterocycles. The van der Waals surface area contributed by atoms with Crippen LogP contribution in [-0.2, 0) is 6.54 Å². The van der Waals surface area contributed by atoms with E-state index in [0.29, 0.717) is 12.0 Å². The van der Waals surface area contributed by atoms with E-state index >= 15 is 0 Å². The number of nitrogens with one attached hydrogen (secondary N) is 1. The molecule has 2 saturated heterocycles. The second-order valence-electron chi connectivity index (χ2n) is 6.43. The highest BCUT2D eigenvalue weighted by Crippen LogP contribution is 2.42. The van der Waals surface area contributed by atoms with Gasteiger partial charge in [-0.2, -0.15) is 0 Å². The standard InChI is InChI=1S/C15H25N3S/c1-10(2)16-8-12-9-19-15(17-12)11-6-13-4-5-14(7-11)18(13)3/h9-11,13-14,16H,4-8H2,1-3H3. The Bertz CT molecular complexity index is 415. The van der Waals surface area contributed by atoms with Gasteiger partial charge in [-0.1, -0.05) is 13.8 Å². The first-order chi connectivity index (χ1) is 9.13. The summed E-state index contributed by atoms with van der Waals surface area (Å²) in [5.74, 6) is 0.714. The number of piperidine rings is 1. The van der Waals surface area contributed by atoms with Crippen molar-refractivity contribution in [3.63, 3.8) is 0 Å². The zero-order valence-corrected chi connectivity index (χ0v) is 13.0. The highest BCUT2D eigenvalue weighted by Gasteiger charge is 2.39. The molecule has 3 nitrogen and oxygen atoms in total. The lowest BCUT2D eigenvalue weighted by Gasteiger charge is -2.35. The Morgan fingerprint density at radius 2 is 2.05 bits per heavy atom. The number of aromatic nitrogens is 1. The molecule has 2 atom stereocenters. The molecular formula is C15H25N3S. The number of nitrogens with zero attached hydrogens (tertiary/aromatic N) is 2. The maximum Gasteiger partial charge on any atom is 0.0961 e. The maximum absolute atomic E-state index is 4.87. The van der Waals surface area contributed by atoms with Crippen molar-refractivity contribution >= 4 is 11.3 Å². The Morgan fingerprint density at radius 1 is 1.37 bits per heavy atom. The molecule has 0 amide bonds. The first-order valence-corrected chi connectivity index (χ1v) is 8.41. The fraction of sp³-hybridized carbons (Fsp3) is 0.800. The van der Waals surface area contributed by atoms with Gasteiger partial charge in [0.05, 0.1) is 10.7 Å². The quantitative estimate of drug-likeness (QED) is 0.918. The molecule has 2 fully saturated rings.